The van der Waals surface area contributed by atoms with Crippen LogP contribution in [-0.4, -0.2) is 27.8 Å². The summed E-state index contributed by atoms with van der Waals surface area (Å²) < 4.78 is 45.2. The van der Waals surface area contributed by atoms with E-state index in [2.05, 4.69) is 25.7 Å². The van der Waals surface area contributed by atoms with Crippen LogP contribution in [0.2, 0.25) is 0 Å². The van der Waals surface area contributed by atoms with E-state index in [0.717, 1.165) is 29.3 Å². The number of hydrogen-bond acceptors (Lipinski definition) is 5. The number of pyridine rings is 1. The average Bonchev–Trinajstić information content (AvgIpc) is 3.57. The Labute approximate surface area is 195 Å². The summed E-state index contributed by atoms with van der Waals surface area (Å²) in [5.74, 6) is -0.546. The molecule has 1 aliphatic rings. The number of aromatic nitrogens is 4. The Balaban J connectivity index is 1.49. The Kier molecular flexibility index (Phi) is 4.47. The lowest BCUT2D eigenvalue weighted by atomic mass is 9.90. The highest BCUT2D eigenvalue weighted by Crippen LogP contribution is 2.55. The first-order valence-electron chi connectivity index (χ1n) is 10.9. The first-order valence-corrected chi connectivity index (χ1v) is 12.3. The molecule has 34 heavy (non-hydrogen) atoms. The fraction of sp³-hybridized carbons (Fsp3) is 0.160. The Morgan fingerprint density at radius 3 is 2.59 bits per heavy atom. The largest absolute Gasteiger partial charge is 0.274 e. The number of halogens is 1. The molecule has 0 aliphatic heterocycles. The molecular weight excluding hydrogens is 453 g/mol. The summed E-state index contributed by atoms with van der Waals surface area (Å²) in [4.78, 5) is 13.2. The minimum Gasteiger partial charge on any atom is -0.274 e. The second-order valence-corrected chi connectivity index (χ2v) is 10.2. The molecule has 1 N–H and O–H groups in total. The van der Waals surface area contributed by atoms with Gasteiger partial charge in [-0.05, 0) is 55.7 Å². The summed E-state index contributed by atoms with van der Waals surface area (Å²) in [5, 5.41) is 1.01. The molecule has 0 bridgehead atoms. The van der Waals surface area contributed by atoms with Crippen LogP contribution in [-0.2, 0) is 15.4 Å². The molecule has 0 spiro atoms. The number of aryl methyl sites for hydroxylation is 1. The number of nitrogens with one attached hydrogen (secondary N) is 1. The molecule has 3 aromatic heterocycles. The maximum absolute atomic E-state index is 15.9. The van der Waals surface area contributed by atoms with E-state index in [1.54, 1.807) is 24.4 Å². The van der Waals surface area contributed by atoms with Crippen molar-refractivity contribution >= 4 is 32.4 Å². The second-order valence-electron chi connectivity index (χ2n) is 8.56. The molecule has 0 atom stereocenters. The van der Waals surface area contributed by atoms with Crippen molar-refractivity contribution < 1.29 is 12.8 Å². The smallest absolute Gasteiger partial charge is 0.262 e. The van der Waals surface area contributed by atoms with E-state index < -0.39 is 21.4 Å². The topological polar surface area (TPSA) is 89.2 Å². The van der Waals surface area contributed by atoms with Crippen molar-refractivity contribution in [1.29, 1.82) is 0 Å². The quantitative estimate of drug-likeness (QED) is 0.377. The first kappa shape index (κ1) is 20.7. The van der Waals surface area contributed by atoms with Crippen LogP contribution in [0.15, 0.2) is 78.0 Å². The zero-order valence-corrected chi connectivity index (χ0v) is 19.1. The number of imidazole rings is 1. The molecule has 1 saturated carbocycles. The normalized spacial score (nSPS) is 15.0. The van der Waals surface area contributed by atoms with E-state index in [9.17, 15) is 8.42 Å². The lowest BCUT2D eigenvalue weighted by Gasteiger charge is -2.18. The minimum atomic E-state index is -3.98. The van der Waals surface area contributed by atoms with Crippen LogP contribution in [0.4, 0.5) is 10.1 Å². The van der Waals surface area contributed by atoms with E-state index in [1.807, 2.05) is 31.2 Å². The van der Waals surface area contributed by atoms with E-state index in [4.69, 9.17) is 0 Å². The number of sulfonamides is 1. The van der Waals surface area contributed by atoms with Gasteiger partial charge in [-0.15, -0.1) is 0 Å². The van der Waals surface area contributed by atoms with Gasteiger partial charge >= 0.3 is 0 Å². The lowest BCUT2D eigenvalue weighted by Crippen LogP contribution is -2.18. The molecule has 6 rings (SSSR count). The van der Waals surface area contributed by atoms with Gasteiger partial charge in [-0.2, -0.15) is 4.39 Å². The fourth-order valence-corrected chi connectivity index (χ4v) is 5.74. The zero-order chi connectivity index (χ0) is 23.5. The highest BCUT2D eigenvalue weighted by molar-refractivity contribution is 7.92. The van der Waals surface area contributed by atoms with Gasteiger partial charge < -0.3 is 0 Å². The van der Waals surface area contributed by atoms with Gasteiger partial charge in [-0.25, -0.2) is 18.4 Å². The molecule has 1 aliphatic carbocycles. The van der Waals surface area contributed by atoms with E-state index in [1.165, 1.54) is 22.7 Å². The number of fused-ring (bicyclic) bond motifs is 2. The Morgan fingerprint density at radius 2 is 1.82 bits per heavy atom. The summed E-state index contributed by atoms with van der Waals surface area (Å²) in [6.45, 7) is 1.83. The molecule has 0 radical (unpaired) electrons. The summed E-state index contributed by atoms with van der Waals surface area (Å²) >= 11 is 0. The molecule has 0 amide bonds. The predicted octanol–water partition coefficient (Wildman–Crippen LogP) is 4.61. The van der Waals surface area contributed by atoms with Gasteiger partial charge in [-0.3, -0.25) is 14.1 Å². The Bertz CT molecular complexity index is 1680. The SMILES string of the molecule is Cc1nc2ncc(NS(=O)(=O)c3ccccc3)c(F)n2c1C1(c2ccc3ncccc3c2)CC1. The molecule has 5 aromatic rings. The predicted molar refractivity (Wildman–Crippen MR) is 127 cm³/mol. The van der Waals surface area contributed by atoms with Crippen molar-refractivity contribution in [3.05, 3.63) is 96.0 Å². The van der Waals surface area contributed by atoms with Crippen molar-refractivity contribution in [2.45, 2.75) is 30.1 Å². The molecular formula is C25H20FN5O2S. The molecule has 2 aromatic carbocycles. The standard InChI is InChI=1S/C25H20FN5O2S/c1-16-22(25(11-12-25)18-9-10-20-17(14-18)6-5-13-27-20)31-23(26)21(15-28-24(31)29-16)30-34(32,33)19-7-3-2-4-8-19/h2-10,13-15,30H,11-12H2,1H3. The number of anilines is 1. The van der Waals surface area contributed by atoms with Crippen molar-refractivity contribution in [1.82, 2.24) is 19.4 Å². The van der Waals surface area contributed by atoms with Gasteiger partial charge in [0.05, 0.1) is 28.0 Å². The molecule has 9 heteroatoms. The first-order chi connectivity index (χ1) is 16.4. The maximum atomic E-state index is 15.9. The van der Waals surface area contributed by atoms with Crippen molar-refractivity contribution in [2.24, 2.45) is 0 Å². The zero-order valence-electron chi connectivity index (χ0n) is 18.2. The van der Waals surface area contributed by atoms with Gasteiger partial charge in [0.1, 0.15) is 5.69 Å². The van der Waals surface area contributed by atoms with Crippen LogP contribution in [0.25, 0.3) is 16.7 Å². The third-order valence-corrected chi connectivity index (χ3v) is 7.80. The van der Waals surface area contributed by atoms with Crippen LogP contribution >= 0.6 is 0 Å². The third-order valence-electron chi connectivity index (χ3n) is 6.42. The van der Waals surface area contributed by atoms with Crippen molar-refractivity contribution in [3.8, 4) is 0 Å². The molecule has 7 nitrogen and oxygen atoms in total. The summed E-state index contributed by atoms with van der Waals surface area (Å²) in [6, 6.07) is 17.8. The highest BCUT2D eigenvalue weighted by Gasteiger charge is 2.50. The van der Waals surface area contributed by atoms with Gasteiger partial charge in [-0.1, -0.05) is 30.3 Å². The van der Waals surface area contributed by atoms with E-state index in [-0.39, 0.29) is 16.4 Å². The molecule has 3 heterocycles. The van der Waals surface area contributed by atoms with Gasteiger partial charge in [0.25, 0.3) is 10.0 Å². The minimum absolute atomic E-state index is 0.0416. The third kappa shape index (κ3) is 3.15. The Morgan fingerprint density at radius 1 is 1.03 bits per heavy atom. The van der Waals surface area contributed by atoms with Gasteiger partial charge in [0.15, 0.2) is 0 Å². The number of rotatable bonds is 5. The molecule has 0 saturated heterocycles. The number of hydrogen-bond donors (Lipinski definition) is 1. The van der Waals surface area contributed by atoms with Gasteiger partial charge in [0, 0.05) is 17.0 Å². The summed E-state index contributed by atoms with van der Waals surface area (Å²) in [7, 11) is -3.98. The lowest BCUT2D eigenvalue weighted by molar-refractivity contribution is 0.552. The monoisotopic (exact) mass is 473 g/mol. The average molecular weight is 474 g/mol. The van der Waals surface area contributed by atoms with Crippen LogP contribution < -0.4 is 4.72 Å². The van der Waals surface area contributed by atoms with Gasteiger partial charge in [0.2, 0.25) is 11.7 Å². The molecule has 170 valence electrons. The van der Waals surface area contributed by atoms with Crippen LogP contribution in [0.5, 0.6) is 0 Å². The fourth-order valence-electron chi connectivity index (χ4n) is 4.68. The molecule has 1 fully saturated rings. The Hall–Kier alpha value is -3.85. The van der Waals surface area contributed by atoms with E-state index >= 15 is 4.39 Å². The number of nitrogens with zero attached hydrogens (tertiary/aromatic N) is 4. The van der Waals surface area contributed by atoms with Crippen LogP contribution in [0.3, 0.4) is 0 Å². The maximum Gasteiger partial charge on any atom is 0.262 e. The van der Waals surface area contributed by atoms with Crippen molar-refractivity contribution in [2.75, 3.05) is 4.72 Å². The molecule has 0 unspecified atom stereocenters. The van der Waals surface area contributed by atoms with Crippen LogP contribution in [0.1, 0.15) is 29.8 Å². The highest BCUT2D eigenvalue weighted by atomic mass is 32.2. The van der Waals surface area contributed by atoms with Crippen molar-refractivity contribution in [3.63, 3.8) is 0 Å². The van der Waals surface area contributed by atoms with E-state index in [0.29, 0.717) is 11.4 Å². The van der Waals surface area contributed by atoms with Crippen LogP contribution in [0, 0.1) is 12.9 Å². The number of benzene rings is 2. The second kappa shape index (κ2) is 7.33. The summed E-state index contributed by atoms with van der Waals surface area (Å²) in [5.41, 5.74) is 2.64. The summed E-state index contributed by atoms with van der Waals surface area (Å²) in [6.07, 6.45) is 4.57.